The molecule has 0 bridgehead atoms. The first-order valence-electron chi connectivity index (χ1n) is 15.0. The second kappa shape index (κ2) is 23.6. The number of hydrogen-bond donors (Lipinski definition) is 0. The van der Waals surface area contributed by atoms with E-state index < -0.39 is 0 Å². The zero-order valence-electron chi connectivity index (χ0n) is 23.5. The number of benzene rings is 2. The van der Waals surface area contributed by atoms with Gasteiger partial charge < -0.3 is 9.47 Å². The molecule has 4 heteroatoms. The van der Waals surface area contributed by atoms with Gasteiger partial charge in [0.2, 0.25) is 0 Å². The van der Waals surface area contributed by atoms with Crippen LogP contribution < -0.4 is 0 Å². The van der Waals surface area contributed by atoms with Gasteiger partial charge in [0.15, 0.2) is 0 Å². The van der Waals surface area contributed by atoms with Gasteiger partial charge in [-0.25, -0.2) is 0 Å². The van der Waals surface area contributed by atoms with Gasteiger partial charge in [-0.2, -0.15) is 0 Å². The van der Waals surface area contributed by atoms with Crippen LogP contribution in [0.5, 0.6) is 0 Å². The minimum Gasteiger partial charge on any atom is -0.377 e. The zero-order chi connectivity index (χ0) is 26.9. The van der Waals surface area contributed by atoms with E-state index in [4.69, 9.17) is 32.7 Å². The van der Waals surface area contributed by atoms with E-state index in [0.29, 0.717) is 13.2 Å². The molecule has 0 aromatic heterocycles. The van der Waals surface area contributed by atoms with E-state index in [2.05, 4.69) is 12.2 Å². The Kier molecular flexibility index (Phi) is 20.4. The maximum absolute atomic E-state index is 5.90. The third-order valence-electron chi connectivity index (χ3n) is 6.85. The van der Waals surface area contributed by atoms with Gasteiger partial charge in [0.25, 0.3) is 0 Å². The Bertz CT molecular complexity index is 748. The van der Waals surface area contributed by atoms with Gasteiger partial charge in [-0.05, 0) is 73.9 Å². The van der Waals surface area contributed by atoms with Crippen LogP contribution >= 0.6 is 23.2 Å². The predicted molar refractivity (Wildman–Crippen MR) is 165 cm³/mol. The number of ether oxygens (including phenoxy) is 2. The second-order valence-electron chi connectivity index (χ2n) is 10.4. The molecule has 0 aliphatic rings. The number of unbranched alkanes of at least 4 members (excludes halogenated alkanes) is 14. The number of rotatable bonds is 24. The summed E-state index contributed by atoms with van der Waals surface area (Å²) in [4.78, 5) is 0. The largest absolute Gasteiger partial charge is 0.377 e. The van der Waals surface area contributed by atoms with Crippen LogP contribution in [-0.2, 0) is 22.7 Å². The van der Waals surface area contributed by atoms with Crippen LogP contribution in [0.25, 0.3) is 0 Å². The van der Waals surface area contributed by atoms with Crippen molar-refractivity contribution in [3.05, 3.63) is 81.9 Å². The topological polar surface area (TPSA) is 18.5 Å². The third kappa shape index (κ3) is 18.9. The van der Waals surface area contributed by atoms with E-state index in [1.54, 1.807) is 0 Å². The van der Waals surface area contributed by atoms with Gasteiger partial charge in [0, 0.05) is 23.3 Å². The Morgan fingerprint density at radius 1 is 0.421 bits per heavy atom. The molecule has 0 fully saturated rings. The molecule has 2 rings (SSSR count). The van der Waals surface area contributed by atoms with Gasteiger partial charge in [0.1, 0.15) is 0 Å². The molecular weight excluding hydrogens is 511 g/mol. The Balaban J connectivity index is 1.22. The highest BCUT2D eigenvalue weighted by Crippen LogP contribution is 2.14. The molecule has 0 radical (unpaired) electrons. The van der Waals surface area contributed by atoms with E-state index in [0.717, 1.165) is 36.1 Å². The lowest BCUT2D eigenvalue weighted by Crippen LogP contribution is -1.95. The summed E-state index contributed by atoms with van der Waals surface area (Å²) < 4.78 is 11.5. The average Bonchev–Trinajstić information content (AvgIpc) is 2.93. The zero-order valence-corrected chi connectivity index (χ0v) is 25.0. The molecule has 0 spiro atoms. The van der Waals surface area contributed by atoms with Crippen molar-refractivity contribution in [1.29, 1.82) is 0 Å². The standard InChI is InChI=1S/C34H50Cl2O2/c35-33-23-19-31(20-24-33)29-37-27-17-15-13-11-9-7-5-3-1-2-4-6-8-10-12-14-16-18-28-38-30-32-21-25-34(36)26-22-32/h1-2,19-26H,3-18,27-30H2. The van der Waals surface area contributed by atoms with E-state index in [9.17, 15) is 0 Å². The molecule has 2 aromatic carbocycles. The fourth-order valence-corrected chi connectivity index (χ4v) is 4.73. The van der Waals surface area contributed by atoms with E-state index in [1.165, 1.54) is 101 Å². The molecule has 2 nitrogen and oxygen atoms in total. The lowest BCUT2D eigenvalue weighted by atomic mass is 10.1. The van der Waals surface area contributed by atoms with Gasteiger partial charge in [0.05, 0.1) is 13.2 Å². The van der Waals surface area contributed by atoms with Crippen LogP contribution in [0.3, 0.4) is 0 Å². The van der Waals surface area contributed by atoms with Crippen molar-refractivity contribution in [2.45, 2.75) is 116 Å². The molecule has 0 atom stereocenters. The van der Waals surface area contributed by atoms with Crippen LogP contribution in [0, 0.1) is 0 Å². The van der Waals surface area contributed by atoms with E-state index in [-0.39, 0.29) is 0 Å². The molecule has 0 heterocycles. The average molecular weight is 562 g/mol. The molecule has 0 unspecified atom stereocenters. The van der Waals surface area contributed by atoms with Crippen LogP contribution in [0.15, 0.2) is 60.7 Å². The molecule has 38 heavy (non-hydrogen) atoms. The summed E-state index contributed by atoms with van der Waals surface area (Å²) >= 11 is 11.8. The van der Waals surface area contributed by atoms with Gasteiger partial charge in [-0.15, -0.1) is 0 Å². The summed E-state index contributed by atoms with van der Waals surface area (Å²) in [5.41, 5.74) is 2.39. The number of allylic oxidation sites excluding steroid dienone is 2. The maximum Gasteiger partial charge on any atom is 0.0716 e. The fraction of sp³-hybridized carbons (Fsp3) is 0.588. The molecule has 0 saturated carbocycles. The Morgan fingerprint density at radius 3 is 1.11 bits per heavy atom. The van der Waals surface area contributed by atoms with E-state index >= 15 is 0 Å². The lowest BCUT2D eigenvalue weighted by molar-refractivity contribution is 0.116. The Hall–Kier alpha value is -1.32. The highest BCUT2D eigenvalue weighted by molar-refractivity contribution is 6.30. The van der Waals surface area contributed by atoms with Crippen molar-refractivity contribution in [1.82, 2.24) is 0 Å². The molecule has 0 aliphatic heterocycles. The summed E-state index contributed by atoms with van der Waals surface area (Å²) in [5.74, 6) is 0. The molecule has 2 aromatic rings. The summed E-state index contributed by atoms with van der Waals surface area (Å²) in [5, 5.41) is 1.56. The van der Waals surface area contributed by atoms with Gasteiger partial charge in [-0.3, -0.25) is 0 Å². The van der Waals surface area contributed by atoms with Crippen LogP contribution in [-0.4, -0.2) is 13.2 Å². The highest BCUT2D eigenvalue weighted by atomic mass is 35.5. The number of halogens is 2. The summed E-state index contributed by atoms with van der Waals surface area (Å²) in [6.45, 7) is 3.09. The lowest BCUT2D eigenvalue weighted by Gasteiger charge is -2.05. The van der Waals surface area contributed by atoms with Crippen LogP contribution in [0.2, 0.25) is 10.0 Å². The summed E-state index contributed by atoms with van der Waals surface area (Å²) in [6.07, 6.45) is 25.7. The monoisotopic (exact) mass is 560 g/mol. The van der Waals surface area contributed by atoms with Crippen molar-refractivity contribution in [3.8, 4) is 0 Å². The third-order valence-corrected chi connectivity index (χ3v) is 7.35. The van der Waals surface area contributed by atoms with E-state index in [1.807, 2.05) is 48.5 Å². The van der Waals surface area contributed by atoms with Crippen molar-refractivity contribution < 1.29 is 9.47 Å². The smallest absolute Gasteiger partial charge is 0.0716 e. The predicted octanol–water partition coefficient (Wildman–Crippen LogP) is 11.5. The van der Waals surface area contributed by atoms with Gasteiger partial charge >= 0.3 is 0 Å². The molecular formula is C34H50Cl2O2. The van der Waals surface area contributed by atoms with Crippen molar-refractivity contribution in [2.24, 2.45) is 0 Å². The van der Waals surface area contributed by atoms with Crippen molar-refractivity contribution >= 4 is 23.2 Å². The maximum atomic E-state index is 5.90. The second-order valence-corrected chi connectivity index (χ2v) is 11.2. The number of hydrogen-bond acceptors (Lipinski definition) is 2. The van der Waals surface area contributed by atoms with Crippen molar-refractivity contribution in [3.63, 3.8) is 0 Å². The SMILES string of the molecule is Clc1ccc(COCCCCCCCCCC=CCCCCCCCCCOCc2ccc(Cl)cc2)cc1. The molecule has 0 aliphatic carbocycles. The van der Waals surface area contributed by atoms with Crippen LogP contribution in [0.4, 0.5) is 0 Å². The van der Waals surface area contributed by atoms with Crippen molar-refractivity contribution in [2.75, 3.05) is 13.2 Å². The Labute approximate surface area is 243 Å². The van der Waals surface area contributed by atoms with Crippen LogP contribution in [0.1, 0.15) is 114 Å². The normalized spacial score (nSPS) is 11.5. The fourth-order valence-electron chi connectivity index (χ4n) is 4.48. The molecule has 0 amide bonds. The molecule has 0 N–H and O–H groups in total. The first kappa shape index (κ1) is 32.9. The first-order chi connectivity index (χ1) is 18.7. The minimum absolute atomic E-state index is 0.689. The first-order valence-corrected chi connectivity index (χ1v) is 15.8. The Morgan fingerprint density at radius 2 is 0.737 bits per heavy atom. The summed E-state index contributed by atoms with van der Waals surface area (Å²) in [7, 11) is 0. The quantitative estimate of drug-likeness (QED) is 0.0937. The highest BCUT2D eigenvalue weighted by Gasteiger charge is 1.97. The molecule has 0 saturated heterocycles. The minimum atomic E-state index is 0.689. The molecule has 212 valence electrons. The van der Waals surface area contributed by atoms with Gasteiger partial charge in [-0.1, -0.05) is 124 Å². The summed E-state index contributed by atoms with van der Waals surface area (Å²) in [6, 6.07) is 15.8.